The van der Waals surface area contributed by atoms with Crippen molar-refractivity contribution in [3.63, 3.8) is 0 Å². The molecule has 3 aromatic rings. The SMILES string of the molecule is C=CCc1c(CNc2ccc(C(=O)N[C@@H](CCC(=O)O)C(=O)O)cc2)cnc2nc(N)nc(N)c12. The quantitative estimate of drug-likeness (QED) is 0.218. The van der Waals surface area contributed by atoms with Crippen molar-refractivity contribution in [2.24, 2.45) is 0 Å². The highest BCUT2D eigenvalue weighted by Crippen LogP contribution is 2.26. The number of nitrogens with zero attached hydrogens (tertiary/aromatic N) is 3. The first-order chi connectivity index (χ1) is 16.7. The molecule has 0 unspecified atom stereocenters. The Kier molecular flexibility index (Phi) is 7.77. The van der Waals surface area contributed by atoms with Crippen LogP contribution in [-0.4, -0.2) is 49.1 Å². The van der Waals surface area contributed by atoms with Gasteiger partial charge in [-0.1, -0.05) is 6.08 Å². The molecule has 1 atom stereocenters. The lowest BCUT2D eigenvalue weighted by Gasteiger charge is -2.15. The number of carbonyl (C=O) groups excluding carboxylic acids is 1. The van der Waals surface area contributed by atoms with E-state index in [1.165, 1.54) is 12.1 Å². The highest BCUT2D eigenvalue weighted by atomic mass is 16.4. The molecule has 0 bridgehead atoms. The molecule has 35 heavy (non-hydrogen) atoms. The summed E-state index contributed by atoms with van der Waals surface area (Å²) in [5.74, 6) is -2.78. The van der Waals surface area contributed by atoms with Gasteiger partial charge in [-0.25, -0.2) is 9.78 Å². The first-order valence-electron chi connectivity index (χ1n) is 10.6. The molecule has 0 aliphatic carbocycles. The van der Waals surface area contributed by atoms with Gasteiger partial charge < -0.3 is 32.3 Å². The first kappa shape index (κ1) is 24.9. The molecule has 2 heterocycles. The molecule has 0 aliphatic heterocycles. The Bertz CT molecular complexity index is 1280. The monoisotopic (exact) mass is 479 g/mol. The number of nitrogens with two attached hydrogens (primary N) is 2. The van der Waals surface area contributed by atoms with Crippen LogP contribution >= 0.6 is 0 Å². The summed E-state index contributed by atoms with van der Waals surface area (Å²) in [7, 11) is 0. The zero-order chi connectivity index (χ0) is 25.5. The molecule has 0 radical (unpaired) electrons. The molecule has 182 valence electrons. The van der Waals surface area contributed by atoms with Crippen molar-refractivity contribution in [1.82, 2.24) is 20.3 Å². The van der Waals surface area contributed by atoms with E-state index < -0.39 is 23.9 Å². The minimum absolute atomic E-state index is 0.0404. The number of allylic oxidation sites excluding steroid dienone is 1. The number of hydrogen-bond acceptors (Lipinski definition) is 9. The summed E-state index contributed by atoms with van der Waals surface area (Å²) in [6, 6.07) is 5.10. The van der Waals surface area contributed by atoms with E-state index in [4.69, 9.17) is 16.6 Å². The average Bonchev–Trinajstić information content (AvgIpc) is 2.80. The minimum atomic E-state index is -1.30. The smallest absolute Gasteiger partial charge is 0.326 e. The summed E-state index contributed by atoms with van der Waals surface area (Å²) in [5, 5.41) is 24.1. The summed E-state index contributed by atoms with van der Waals surface area (Å²) >= 11 is 0. The molecule has 0 saturated carbocycles. The number of anilines is 3. The largest absolute Gasteiger partial charge is 0.481 e. The molecule has 8 N–H and O–H groups in total. The number of fused-ring (bicyclic) bond motifs is 1. The van der Waals surface area contributed by atoms with Gasteiger partial charge in [-0.15, -0.1) is 6.58 Å². The number of rotatable bonds is 11. The third-order valence-corrected chi connectivity index (χ3v) is 5.20. The van der Waals surface area contributed by atoms with Crippen LogP contribution in [0.2, 0.25) is 0 Å². The molecule has 1 aromatic carbocycles. The van der Waals surface area contributed by atoms with Crippen molar-refractivity contribution in [2.45, 2.75) is 31.8 Å². The number of hydrogen-bond donors (Lipinski definition) is 6. The van der Waals surface area contributed by atoms with E-state index in [0.29, 0.717) is 29.7 Å². The van der Waals surface area contributed by atoms with Crippen LogP contribution in [0.25, 0.3) is 11.0 Å². The standard InChI is InChI=1S/C23H25N7O5/c1-2-3-15-13(11-27-20-18(15)19(24)29-23(25)30-20)10-26-14-6-4-12(5-7-14)21(33)28-16(22(34)35)8-9-17(31)32/h2,4-7,11,16,26H,1,3,8-10H2,(H,28,33)(H,31,32)(H,34,35)(H4,24,25,27,29,30)/t16-/m0/s1. The Hall–Kier alpha value is -4.74. The fourth-order valence-electron chi connectivity index (χ4n) is 3.48. The summed E-state index contributed by atoms with van der Waals surface area (Å²) in [6.45, 7) is 4.18. The van der Waals surface area contributed by atoms with Crippen molar-refractivity contribution in [1.29, 1.82) is 0 Å². The third kappa shape index (κ3) is 6.19. The molecule has 12 heteroatoms. The number of carboxylic acids is 2. The van der Waals surface area contributed by atoms with Crippen LogP contribution in [0.5, 0.6) is 0 Å². The lowest BCUT2D eigenvalue weighted by atomic mass is 10.0. The van der Waals surface area contributed by atoms with Crippen molar-refractivity contribution >= 4 is 46.3 Å². The Morgan fingerprint density at radius 3 is 2.46 bits per heavy atom. The minimum Gasteiger partial charge on any atom is -0.481 e. The van der Waals surface area contributed by atoms with Crippen molar-refractivity contribution in [3.05, 3.63) is 59.8 Å². The number of nitrogen functional groups attached to an aromatic ring is 2. The van der Waals surface area contributed by atoms with Crippen LogP contribution in [0.3, 0.4) is 0 Å². The van der Waals surface area contributed by atoms with E-state index >= 15 is 0 Å². The van der Waals surface area contributed by atoms with E-state index in [-0.39, 0.29) is 30.2 Å². The summed E-state index contributed by atoms with van der Waals surface area (Å²) in [5.41, 5.74) is 14.8. The number of pyridine rings is 1. The lowest BCUT2D eigenvalue weighted by molar-refractivity contribution is -0.140. The van der Waals surface area contributed by atoms with Gasteiger partial charge in [0.25, 0.3) is 5.91 Å². The third-order valence-electron chi connectivity index (χ3n) is 5.20. The fourth-order valence-corrected chi connectivity index (χ4v) is 3.48. The fraction of sp³-hybridized carbons (Fsp3) is 0.217. The number of aliphatic carboxylic acids is 2. The number of amides is 1. The number of nitrogens with one attached hydrogen (secondary N) is 2. The highest BCUT2D eigenvalue weighted by Gasteiger charge is 2.21. The Morgan fingerprint density at radius 1 is 1.11 bits per heavy atom. The number of aromatic nitrogens is 3. The maximum Gasteiger partial charge on any atom is 0.326 e. The van der Waals surface area contributed by atoms with Gasteiger partial charge in [-0.2, -0.15) is 9.97 Å². The van der Waals surface area contributed by atoms with E-state index in [0.717, 1.165) is 11.1 Å². The molecule has 3 rings (SSSR count). The predicted molar refractivity (Wildman–Crippen MR) is 130 cm³/mol. The molecule has 0 fully saturated rings. The van der Waals surface area contributed by atoms with Crippen molar-refractivity contribution in [3.8, 4) is 0 Å². The number of carboxylic acid groups (broad SMARTS) is 2. The van der Waals surface area contributed by atoms with Gasteiger partial charge in [0.1, 0.15) is 11.9 Å². The molecule has 0 spiro atoms. The van der Waals surface area contributed by atoms with E-state index in [1.807, 2.05) is 0 Å². The number of benzene rings is 1. The summed E-state index contributed by atoms with van der Waals surface area (Å²) < 4.78 is 0. The first-order valence-corrected chi connectivity index (χ1v) is 10.6. The topological polar surface area (TPSA) is 206 Å². The normalized spacial score (nSPS) is 11.5. The maximum absolute atomic E-state index is 12.4. The van der Waals surface area contributed by atoms with E-state index in [1.54, 1.807) is 24.4 Å². The second-order valence-electron chi connectivity index (χ2n) is 7.65. The van der Waals surface area contributed by atoms with Gasteiger partial charge in [-0.05, 0) is 48.2 Å². The zero-order valence-corrected chi connectivity index (χ0v) is 18.7. The van der Waals surface area contributed by atoms with Crippen LogP contribution in [0, 0.1) is 0 Å². The Balaban J connectivity index is 1.72. The van der Waals surface area contributed by atoms with Gasteiger partial charge in [0.15, 0.2) is 5.65 Å². The van der Waals surface area contributed by atoms with Crippen LogP contribution < -0.4 is 22.1 Å². The van der Waals surface area contributed by atoms with Crippen molar-refractivity contribution in [2.75, 3.05) is 16.8 Å². The molecule has 2 aromatic heterocycles. The van der Waals surface area contributed by atoms with E-state index in [9.17, 15) is 19.5 Å². The average molecular weight is 479 g/mol. The van der Waals surface area contributed by atoms with E-state index in [2.05, 4.69) is 32.2 Å². The van der Waals surface area contributed by atoms with Gasteiger partial charge >= 0.3 is 11.9 Å². The van der Waals surface area contributed by atoms with Crippen LogP contribution in [0.4, 0.5) is 17.5 Å². The molecule has 0 saturated heterocycles. The summed E-state index contributed by atoms with van der Waals surface area (Å²) in [6.07, 6.45) is 3.33. The molecule has 12 nitrogen and oxygen atoms in total. The molecular formula is C23H25N7O5. The predicted octanol–water partition coefficient (Wildman–Crippen LogP) is 1.58. The second kappa shape index (κ2) is 10.9. The van der Waals surface area contributed by atoms with Crippen molar-refractivity contribution < 1.29 is 24.6 Å². The molecule has 1 amide bonds. The zero-order valence-electron chi connectivity index (χ0n) is 18.7. The highest BCUT2D eigenvalue weighted by molar-refractivity contribution is 5.97. The Labute approximate surface area is 200 Å². The van der Waals surface area contributed by atoms with Gasteiger partial charge in [0.05, 0.1) is 5.39 Å². The summed E-state index contributed by atoms with van der Waals surface area (Å²) in [4.78, 5) is 46.9. The Morgan fingerprint density at radius 2 is 1.83 bits per heavy atom. The van der Waals surface area contributed by atoms with Gasteiger partial charge in [0, 0.05) is 30.4 Å². The van der Waals surface area contributed by atoms with Crippen LogP contribution in [0.15, 0.2) is 43.1 Å². The number of carbonyl (C=O) groups is 3. The second-order valence-corrected chi connectivity index (χ2v) is 7.65. The molecular weight excluding hydrogens is 454 g/mol. The van der Waals surface area contributed by atoms with Crippen LogP contribution in [-0.2, 0) is 22.6 Å². The maximum atomic E-state index is 12.4. The van der Waals surface area contributed by atoms with Gasteiger partial charge in [-0.3, -0.25) is 9.59 Å². The van der Waals surface area contributed by atoms with Gasteiger partial charge in [0.2, 0.25) is 5.95 Å². The van der Waals surface area contributed by atoms with Crippen LogP contribution in [0.1, 0.15) is 34.3 Å². The lowest BCUT2D eigenvalue weighted by Crippen LogP contribution is -2.41. The molecule has 0 aliphatic rings.